The topological polar surface area (TPSA) is 223 Å². The SMILES string of the molecule is CC1=C2C(O)C(=O)[C@]3(C)C(OCOP(=O)(OCc4ccccc4)OCc4ccccc4)CC4OC[C@@]4(O)C3C(OC(=O)c3ccccc3)C(O)(CC1OC(=O)[C@H](C)C(NC(=O)c1ccccc1)c1ccccc1)C2(C)C.[Ac].[Ac]. The van der Waals surface area contributed by atoms with Gasteiger partial charge in [0.2, 0.25) is 0 Å². The Balaban J connectivity index is 0.00000441. The summed E-state index contributed by atoms with van der Waals surface area (Å²) >= 11 is 0. The predicted molar refractivity (Wildman–Crippen MR) is 277 cm³/mol. The van der Waals surface area contributed by atoms with Crippen molar-refractivity contribution < 1.29 is 160 Å². The number of phosphoric acid groups is 1. The van der Waals surface area contributed by atoms with E-state index in [-0.39, 0.29) is 131 Å². The fourth-order valence-electron chi connectivity index (χ4n) is 11.7. The summed E-state index contributed by atoms with van der Waals surface area (Å²) in [5.74, 6) is -5.63. The molecule has 4 N–H and O–H groups in total. The average Bonchev–Trinajstić information content (AvgIpc) is 3.19. The Bertz CT molecular complexity index is 2930. The van der Waals surface area contributed by atoms with Crippen molar-refractivity contribution in [1.29, 1.82) is 0 Å². The van der Waals surface area contributed by atoms with Gasteiger partial charge in [0.15, 0.2) is 12.6 Å². The Kier molecular flexibility index (Phi) is 20.7. The van der Waals surface area contributed by atoms with Gasteiger partial charge in [-0.05, 0) is 72.9 Å². The molecule has 2 bridgehead atoms. The van der Waals surface area contributed by atoms with E-state index >= 15 is 4.79 Å². The van der Waals surface area contributed by atoms with Gasteiger partial charge in [-0.3, -0.25) is 28.0 Å². The second-order valence-corrected chi connectivity index (χ2v) is 22.6. The summed E-state index contributed by atoms with van der Waals surface area (Å²) in [7, 11) is -4.45. The quantitative estimate of drug-likeness (QED) is 0.0280. The number of hydrogen-bond donors (Lipinski definition) is 4. The van der Waals surface area contributed by atoms with E-state index in [9.17, 15) is 34.3 Å². The molecule has 8 unspecified atom stereocenters. The van der Waals surface area contributed by atoms with Crippen molar-refractivity contribution in [2.24, 2.45) is 22.7 Å². The minimum absolute atomic E-state index is 0. The molecule has 9 rings (SSSR count). The smallest absolute Gasteiger partial charge is 0.457 e. The third-order valence-electron chi connectivity index (χ3n) is 16.1. The summed E-state index contributed by atoms with van der Waals surface area (Å²) in [6, 6.07) is 42.5. The van der Waals surface area contributed by atoms with Gasteiger partial charge in [0.1, 0.15) is 29.5 Å². The summed E-state index contributed by atoms with van der Waals surface area (Å²) in [4.78, 5) is 58.6. The summed E-state index contributed by atoms with van der Waals surface area (Å²) in [6.07, 6.45) is -8.19. The number of Topliss-reactive ketones (excluding diaryl/α,β-unsaturated/α-hetero) is 1. The first-order chi connectivity index (χ1) is 36.3. The van der Waals surface area contributed by atoms with Crippen LogP contribution in [0.15, 0.2) is 163 Å². The number of amides is 1. The Morgan fingerprint density at radius 3 is 1.78 bits per heavy atom. The van der Waals surface area contributed by atoms with Crippen LogP contribution in [0, 0.1) is 111 Å². The van der Waals surface area contributed by atoms with Crippen LogP contribution in [0.4, 0.5) is 0 Å². The number of phosphoric ester groups is 1. The van der Waals surface area contributed by atoms with E-state index in [4.69, 9.17) is 32.5 Å². The van der Waals surface area contributed by atoms with Crippen LogP contribution in [-0.2, 0) is 59.9 Å². The van der Waals surface area contributed by atoms with Gasteiger partial charge in [0, 0.05) is 118 Å². The maximum Gasteiger partial charge on any atom is 0.477 e. The molecule has 5 aromatic rings. The molecule has 2 saturated carbocycles. The summed E-state index contributed by atoms with van der Waals surface area (Å²) < 4.78 is 57.3. The molecule has 3 aliphatic carbocycles. The Morgan fingerprint density at radius 1 is 0.744 bits per heavy atom. The molecule has 5 aromatic carbocycles. The third kappa shape index (κ3) is 12.4. The minimum Gasteiger partial charge on any atom is -0.457 e. The number of carbonyl (C=O) groups is 4. The van der Waals surface area contributed by atoms with Crippen LogP contribution < -0.4 is 5.32 Å². The number of ether oxygens (including phenoxy) is 4. The van der Waals surface area contributed by atoms with Crippen molar-refractivity contribution in [3.63, 3.8) is 0 Å². The molecule has 1 aliphatic heterocycles. The van der Waals surface area contributed by atoms with Crippen molar-refractivity contribution in [2.45, 2.75) is 108 Å². The first-order valence-electron chi connectivity index (χ1n) is 25.4. The molecule has 1 saturated heterocycles. The molecule has 0 aromatic heterocycles. The van der Waals surface area contributed by atoms with Crippen LogP contribution >= 0.6 is 7.82 Å². The number of aliphatic hydroxyl groups excluding tert-OH is 1. The Hall–Kier alpha value is -3.29. The molecular formula is C59H64Ac2NO15P. The maximum atomic E-state index is 15.8. The third-order valence-corrected chi connectivity index (χ3v) is 17.5. The van der Waals surface area contributed by atoms with E-state index in [2.05, 4.69) is 5.32 Å². The minimum atomic E-state index is -4.45. The number of nitrogens with one attached hydrogen (secondary N) is 1. The van der Waals surface area contributed by atoms with Gasteiger partial charge in [-0.15, -0.1) is 0 Å². The van der Waals surface area contributed by atoms with Crippen molar-refractivity contribution in [3.05, 3.63) is 191 Å². The normalized spacial score (nSPS) is 27.8. The number of fused-ring (bicyclic) bond motifs is 5. The number of ketones is 1. The van der Waals surface area contributed by atoms with Gasteiger partial charge in [0.25, 0.3) is 5.91 Å². The second-order valence-electron chi connectivity index (χ2n) is 20.9. The van der Waals surface area contributed by atoms with Crippen LogP contribution in [0.1, 0.15) is 90.9 Å². The van der Waals surface area contributed by atoms with E-state index in [0.29, 0.717) is 22.3 Å². The van der Waals surface area contributed by atoms with Crippen LogP contribution in [0.2, 0.25) is 0 Å². The summed E-state index contributed by atoms with van der Waals surface area (Å²) in [6.45, 7) is 6.41. The van der Waals surface area contributed by atoms with Crippen molar-refractivity contribution >= 4 is 31.5 Å². The molecule has 406 valence electrons. The Morgan fingerprint density at radius 2 is 1.26 bits per heavy atom. The Labute approximate surface area is 526 Å². The zero-order valence-electron chi connectivity index (χ0n) is 44.1. The first kappa shape index (κ1) is 62.3. The number of aliphatic hydroxyl groups is 3. The molecule has 3 fully saturated rings. The predicted octanol–water partition coefficient (Wildman–Crippen LogP) is 8.41. The van der Waals surface area contributed by atoms with Crippen molar-refractivity contribution in [1.82, 2.24) is 5.32 Å². The van der Waals surface area contributed by atoms with E-state index in [0.717, 1.165) is 0 Å². The second kappa shape index (κ2) is 25.9. The van der Waals surface area contributed by atoms with Gasteiger partial charge < -0.3 is 39.6 Å². The largest absolute Gasteiger partial charge is 0.477 e. The number of hydrogen-bond acceptors (Lipinski definition) is 15. The molecular weight excluding hydrogens is 1450 g/mol. The molecule has 1 amide bonds. The molecule has 0 spiro atoms. The van der Waals surface area contributed by atoms with Crippen LogP contribution in [0.5, 0.6) is 0 Å². The van der Waals surface area contributed by atoms with Crippen molar-refractivity contribution in [2.75, 3.05) is 13.4 Å². The molecule has 1 heterocycles. The zero-order valence-corrected chi connectivity index (χ0v) is 54.5. The number of esters is 2. The molecule has 4 aliphatic rings. The average molecular weight is 1510 g/mol. The van der Waals surface area contributed by atoms with Gasteiger partial charge in [-0.1, -0.05) is 141 Å². The monoisotopic (exact) mass is 1510 g/mol. The zero-order chi connectivity index (χ0) is 54.0. The first-order valence-corrected chi connectivity index (χ1v) is 26.9. The fourth-order valence-corrected chi connectivity index (χ4v) is 12.7. The summed E-state index contributed by atoms with van der Waals surface area (Å²) in [5, 5.41) is 42.6. The fraction of sp³-hybridized carbons (Fsp3) is 0.390. The van der Waals surface area contributed by atoms with Gasteiger partial charge >= 0.3 is 19.8 Å². The molecule has 2 radical (unpaired) electrons. The van der Waals surface area contributed by atoms with Crippen LogP contribution in [0.25, 0.3) is 0 Å². The van der Waals surface area contributed by atoms with Gasteiger partial charge in [-0.25, -0.2) is 9.36 Å². The standard InChI is InChI=1S/C59H64NO15P.2Ac/c1-37-44(74-54(64)38(2)48(41-25-15-8-16-26-41)60-53(63)42-27-17-9-18-28-42)32-59(67)52(75-55(65)43-29-19-10-20-30-43)50-57(5,51(62)49(61)47(37)56(59,3)4)45(31-46-58(50,66)35-69-46)70-36-73-76(68,71-33-39-21-11-6-12-22-39)72-34-40-23-13-7-14-24-40;;/h6-30,38,44-46,48-50,52,61,66-67H,31-36H2,1-5H3,(H,60,63);;/t38-,44?,45?,46?,48?,49?,50?,52?,57-,58+,59?;;/m1../s1. The number of carbonyl (C=O) groups excluding carboxylic acids is 4. The molecule has 16 nitrogen and oxygen atoms in total. The molecule has 11 atom stereocenters. The van der Waals surface area contributed by atoms with Crippen LogP contribution in [0.3, 0.4) is 0 Å². The van der Waals surface area contributed by atoms with E-state index in [1.54, 1.807) is 155 Å². The maximum absolute atomic E-state index is 15.8. The number of benzene rings is 5. The summed E-state index contributed by atoms with van der Waals surface area (Å²) in [5.41, 5.74) is -5.32. The number of rotatable bonds is 18. The van der Waals surface area contributed by atoms with Gasteiger partial charge in [-0.2, -0.15) is 0 Å². The van der Waals surface area contributed by atoms with Crippen LogP contribution in [-0.4, -0.2) is 94.1 Å². The van der Waals surface area contributed by atoms with E-state index < -0.39 is 115 Å². The molecule has 19 heteroatoms. The van der Waals surface area contributed by atoms with Crippen molar-refractivity contribution in [3.8, 4) is 0 Å². The molecule has 78 heavy (non-hydrogen) atoms. The van der Waals surface area contributed by atoms with Gasteiger partial charge in [0.05, 0.1) is 55.0 Å². The van der Waals surface area contributed by atoms with E-state index in [1.807, 2.05) is 12.1 Å². The van der Waals surface area contributed by atoms with E-state index in [1.165, 1.54) is 19.1 Å².